The normalized spacial score (nSPS) is 21.9. The number of hydrogen-bond acceptors (Lipinski definition) is 10. The number of piperidine rings is 3. The minimum absolute atomic E-state index is 0. The molecule has 0 unspecified atom stereocenters. The van der Waals surface area contributed by atoms with Gasteiger partial charge in [0.2, 0.25) is 0 Å². The van der Waals surface area contributed by atoms with E-state index in [1.54, 1.807) is 6.33 Å². The average Bonchev–Trinajstić information content (AvgIpc) is 3.48. The van der Waals surface area contributed by atoms with Crippen LogP contribution < -0.4 is 0 Å². The lowest BCUT2D eigenvalue weighted by molar-refractivity contribution is 0.0735. The fraction of sp³-hybridized carbons (Fsp3) is 0.956. The van der Waals surface area contributed by atoms with Crippen molar-refractivity contribution in [2.75, 3.05) is 125 Å². The summed E-state index contributed by atoms with van der Waals surface area (Å²) in [4.78, 5) is 30.2. The third kappa shape index (κ3) is 34.4. The smallest absolute Gasteiger partial charge is 0.0925 e. The van der Waals surface area contributed by atoms with Gasteiger partial charge in [-0.2, -0.15) is 0 Å². The maximum atomic E-state index is 4.29. The maximum absolute atomic E-state index is 4.29. The van der Waals surface area contributed by atoms with Crippen LogP contribution in [0.1, 0.15) is 256 Å². The Labute approximate surface area is 497 Å². The minimum atomic E-state index is 0. The Hall–Kier alpha value is -1.15. The molecule has 0 aliphatic carbocycles. The predicted molar refractivity (Wildman–Crippen MR) is 356 cm³/mol. The molecule has 8 heterocycles. The maximum Gasteiger partial charge on any atom is 0.0925 e. The van der Waals surface area contributed by atoms with Crippen LogP contribution >= 0.6 is 0 Å². The molecule has 1 aromatic heterocycles. The first-order valence-electron chi connectivity index (χ1n) is 31.9. The van der Waals surface area contributed by atoms with Gasteiger partial charge in [-0.1, -0.05) is 54.9 Å². The van der Waals surface area contributed by atoms with Crippen molar-refractivity contribution >= 4 is 0 Å². The van der Waals surface area contributed by atoms with E-state index in [2.05, 4.69) is 207 Å². The van der Waals surface area contributed by atoms with Crippen molar-refractivity contribution in [1.29, 1.82) is 0 Å². The fourth-order valence-electron chi connectivity index (χ4n) is 11.3. The molecule has 8 rings (SSSR count). The second kappa shape index (κ2) is 39.5. The summed E-state index contributed by atoms with van der Waals surface area (Å²) in [5.41, 5.74) is 4.37. The third-order valence-corrected chi connectivity index (χ3v) is 17.4. The fourth-order valence-corrected chi connectivity index (χ4v) is 11.3. The van der Waals surface area contributed by atoms with Crippen molar-refractivity contribution in [3.63, 3.8) is 0 Å². The summed E-state index contributed by atoms with van der Waals surface area (Å²) in [5.74, 6) is 0.952. The average molecular weight is 1120 g/mol. The summed E-state index contributed by atoms with van der Waals surface area (Å²) in [7, 11) is 4.41. The largest absolute Gasteiger partial charge is 0.347 e. The molecule has 11 heteroatoms. The Bertz CT molecular complexity index is 1490. The quantitative estimate of drug-likeness (QED) is 0.310. The number of fused-ring (bicyclic) bond motifs is 1. The lowest BCUT2D eigenvalue weighted by Gasteiger charge is -2.41. The molecule has 6 saturated heterocycles. The Morgan fingerprint density at radius 3 is 1.11 bits per heavy atom. The Morgan fingerprint density at radius 2 is 0.722 bits per heavy atom. The number of likely N-dealkylation sites (N-methyl/N-ethyl adjacent to an activating group) is 2. The molecule has 1 N–H and O–H groups in total. The molecule has 0 radical (unpaired) electrons. The van der Waals surface area contributed by atoms with Gasteiger partial charge in [0, 0.05) is 98.6 Å². The second-order valence-corrected chi connectivity index (χ2v) is 29.7. The molecular formula is C68H147N11. The first kappa shape index (κ1) is 79.9. The van der Waals surface area contributed by atoms with E-state index in [0.29, 0.717) is 22.2 Å². The number of piperazine rings is 1. The van der Waals surface area contributed by atoms with E-state index in [1.807, 2.05) is 0 Å². The van der Waals surface area contributed by atoms with Gasteiger partial charge in [-0.3, -0.25) is 29.4 Å². The van der Waals surface area contributed by atoms with Crippen LogP contribution in [0.4, 0.5) is 0 Å². The molecule has 7 aliphatic rings. The highest BCUT2D eigenvalue weighted by Gasteiger charge is 2.28. The standard InChI is InChI=1S/C10H17N3.C10H21N.2C9H20N2.3C9H19N.3CH4/c1-10(2,3)13-5-4-8-9(6-13)12-7-11-8;1-9-5-7-11(8-6-9)10(2,3)4;1-9(2,3)11-7-5-10(4)6-8-11;1-9(2)11-6-4-5-10(3)7-8-11;2*1-9(2,3)10-7-5-4-6-8-10;1-9(2)10-7-5-3-4-6-8-10;;;/h7H,4-6H2,1-3H3,(H,11,12);9H,5-8H2,1-4H3;5-8H2,1-4H3;9H,4-8H2,1-3H3;2*4-8H2,1-3H3;9H,3-8H2,1-2H3;3*1H4. The van der Waals surface area contributed by atoms with Crippen LogP contribution in [0.15, 0.2) is 6.33 Å². The molecule has 0 aromatic carbocycles. The van der Waals surface area contributed by atoms with Crippen LogP contribution in [-0.2, 0) is 13.0 Å². The number of hydrogen-bond donors (Lipinski definition) is 1. The Kier molecular flexibility index (Phi) is 39.9. The van der Waals surface area contributed by atoms with Crippen molar-refractivity contribution in [1.82, 2.24) is 54.1 Å². The van der Waals surface area contributed by atoms with Gasteiger partial charge < -0.3 is 19.7 Å². The monoisotopic (exact) mass is 1120 g/mol. The predicted octanol–water partition coefficient (Wildman–Crippen LogP) is 14.9. The Balaban J connectivity index is 0. The number of nitrogens with one attached hydrogen (secondary N) is 1. The zero-order valence-electron chi connectivity index (χ0n) is 55.4. The molecule has 0 atom stereocenters. The van der Waals surface area contributed by atoms with Crippen molar-refractivity contribution in [3.05, 3.63) is 17.7 Å². The van der Waals surface area contributed by atoms with Gasteiger partial charge in [0.1, 0.15) is 0 Å². The van der Waals surface area contributed by atoms with E-state index >= 15 is 0 Å². The summed E-state index contributed by atoms with van der Waals surface area (Å²) < 4.78 is 0. The Morgan fingerprint density at radius 1 is 0.392 bits per heavy atom. The lowest BCUT2D eigenvalue weighted by atomic mass is 9.95. The summed E-state index contributed by atoms with van der Waals surface area (Å²) >= 11 is 0. The molecule has 6 fully saturated rings. The van der Waals surface area contributed by atoms with Gasteiger partial charge in [-0.05, 0) is 275 Å². The van der Waals surface area contributed by atoms with Gasteiger partial charge >= 0.3 is 0 Å². The number of imidazole rings is 1. The van der Waals surface area contributed by atoms with E-state index in [9.17, 15) is 0 Å². The van der Waals surface area contributed by atoms with Gasteiger partial charge in [-0.25, -0.2) is 4.98 Å². The van der Waals surface area contributed by atoms with Crippen molar-refractivity contribution in [2.45, 2.75) is 297 Å². The van der Waals surface area contributed by atoms with Gasteiger partial charge in [-0.15, -0.1) is 0 Å². The number of aromatic amines is 1. The van der Waals surface area contributed by atoms with E-state index in [-0.39, 0.29) is 27.8 Å². The molecular weight excluding hydrogens is 971 g/mol. The van der Waals surface area contributed by atoms with E-state index in [1.165, 1.54) is 200 Å². The summed E-state index contributed by atoms with van der Waals surface area (Å²) in [6.07, 6.45) is 21.2. The highest BCUT2D eigenvalue weighted by Crippen LogP contribution is 2.25. The number of nitrogens with zero attached hydrogens (tertiary/aromatic N) is 10. The van der Waals surface area contributed by atoms with Crippen LogP contribution in [0.25, 0.3) is 0 Å². The summed E-state index contributed by atoms with van der Waals surface area (Å²) in [5, 5.41) is 0. The molecule has 474 valence electrons. The van der Waals surface area contributed by atoms with Gasteiger partial charge in [0.25, 0.3) is 0 Å². The van der Waals surface area contributed by atoms with Crippen LogP contribution in [0, 0.1) is 5.92 Å². The number of rotatable bonds is 2. The molecule has 7 aliphatic heterocycles. The summed E-state index contributed by atoms with van der Waals surface area (Å²) in [6, 6.07) is 1.49. The van der Waals surface area contributed by atoms with E-state index < -0.39 is 0 Å². The molecule has 1 aromatic rings. The van der Waals surface area contributed by atoms with Crippen LogP contribution in [0.2, 0.25) is 0 Å². The number of likely N-dealkylation sites (tertiary alicyclic amines) is 4. The van der Waals surface area contributed by atoms with Gasteiger partial charge in [0.15, 0.2) is 0 Å². The number of H-pyrrole nitrogens is 1. The highest BCUT2D eigenvalue weighted by molar-refractivity contribution is 5.15. The second-order valence-electron chi connectivity index (χ2n) is 29.7. The zero-order chi connectivity index (χ0) is 57.3. The summed E-state index contributed by atoms with van der Waals surface area (Å²) in [6.45, 7) is 68.5. The van der Waals surface area contributed by atoms with Crippen molar-refractivity contribution in [3.8, 4) is 0 Å². The van der Waals surface area contributed by atoms with Gasteiger partial charge in [0.05, 0.1) is 17.7 Å². The topological polar surface area (TPSA) is 57.8 Å². The van der Waals surface area contributed by atoms with Crippen molar-refractivity contribution < 1.29 is 0 Å². The molecule has 79 heavy (non-hydrogen) atoms. The van der Waals surface area contributed by atoms with E-state index in [0.717, 1.165) is 37.5 Å². The first-order chi connectivity index (χ1) is 35.3. The highest BCUT2D eigenvalue weighted by atomic mass is 15.3. The van der Waals surface area contributed by atoms with Crippen LogP contribution in [0.3, 0.4) is 0 Å². The molecule has 0 saturated carbocycles. The molecule has 0 amide bonds. The van der Waals surface area contributed by atoms with Crippen LogP contribution in [-0.4, -0.2) is 219 Å². The lowest BCUT2D eigenvalue weighted by Crippen LogP contribution is -2.52. The molecule has 0 bridgehead atoms. The first-order valence-corrected chi connectivity index (χ1v) is 31.9. The van der Waals surface area contributed by atoms with Crippen LogP contribution in [0.5, 0.6) is 0 Å². The zero-order valence-corrected chi connectivity index (χ0v) is 55.4. The molecule has 11 nitrogen and oxygen atoms in total. The van der Waals surface area contributed by atoms with E-state index in [4.69, 9.17) is 0 Å². The molecule has 0 spiro atoms. The third-order valence-electron chi connectivity index (χ3n) is 17.4. The SMILES string of the molecule is C.C.C.CC(C)(C)N1CCCCC1.CC(C)(C)N1CCCCC1.CC(C)(C)N1CCc2nc[nH]c2C1.CC(C)N1CCCCCC1.CC(C)N1CCCN(C)CC1.CC1CCN(C(C)(C)C)CC1.CN1CCN(C(C)(C)C)CC1. The number of aromatic nitrogens is 2. The van der Waals surface area contributed by atoms with Crippen molar-refractivity contribution in [2.24, 2.45) is 5.92 Å². The minimum Gasteiger partial charge on any atom is -0.347 e.